The molecule has 0 bridgehead atoms. The van der Waals surface area contributed by atoms with E-state index >= 15 is 0 Å². The van der Waals surface area contributed by atoms with Crippen LogP contribution in [0.2, 0.25) is 0 Å². The number of aryl methyl sites for hydroxylation is 1. The smallest absolute Gasteiger partial charge is 0.312 e. The average molecular weight is 365 g/mol. The molecule has 8 heteroatoms. The summed E-state index contributed by atoms with van der Waals surface area (Å²) in [5.41, 5.74) is 3.16. The Morgan fingerprint density at radius 2 is 1.93 bits per heavy atom. The van der Waals surface area contributed by atoms with E-state index in [0.29, 0.717) is 30.0 Å². The summed E-state index contributed by atoms with van der Waals surface area (Å²) in [5.74, 6) is -0.186. The number of nitrogens with one attached hydrogen (secondary N) is 1. The van der Waals surface area contributed by atoms with Crippen LogP contribution in [0.15, 0.2) is 48.7 Å². The Kier molecular flexibility index (Phi) is 5.25. The van der Waals surface area contributed by atoms with Gasteiger partial charge in [0.2, 0.25) is 0 Å². The average Bonchev–Trinajstić information content (AvgIpc) is 2.94. The van der Waals surface area contributed by atoms with Gasteiger partial charge >= 0.3 is 5.69 Å². The molecule has 3 aromatic rings. The number of aromatic nitrogens is 3. The molecule has 3 rings (SSSR count). The second-order valence-electron chi connectivity index (χ2n) is 6.13. The summed E-state index contributed by atoms with van der Waals surface area (Å²) in [6.07, 6.45) is 1.68. The monoisotopic (exact) mass is 365 g/mol. The van der Waals surface area contributed by atoms with Crippen LogP contribution in [0, 0.1) is 24.0 Å². The van der Waals surface area contributed by atoms with Crippen molar-refractivity contribution >= 4 is 11.6 Å². The quantitative estimate of drug-likeness (QED) is 0.534. The Hall–Kier alpha value is -3.55. The summed E-state index contributed by atoms with van der Waals surface area (Å²) in [6.45, 7) is 4.06. The second-order valence-corrected chi connectivity index (χ2v) is 6.13. The van der Waals surface area contributed by atoms with Crippen molar-refractivity contribution in [3.05, 3.63) is 87.0 Å². The van der Waals surface area contributed by atoms with Crippen molar-refractivity contribution in [1.82, 2.24) is 20.1 Å². The van der Waals surface area contributed by atoms with Gasteiger partial charge in [0, 0.05) is 11.8 Å². The largest absolute Gasteiger partial charge is 0.346 e. The zero-order valence-electron chi connectivity index (χ0n) is 15.0. The highest BCUT2D eigenvalue weighted by molar-refractivity contribution is 5.94. The number of rotatable bonds is 6. The van der Waals surface area contributed by atoms with Gasteiger partial charge in [0.25, 0.3) is 5.91 Å². The summed E-state index contributed by atoms with van der Waals surface area (Å²) in [5, 5.41) is 18.2. The Morgan fingerprint density at radius 1 is 1.19 bits per heavy atom. The Bertz CT molecular complexity index is 965. The molecule has 0 saturated carbocycles. The lowest BCUT2D eigenvalue weighted by atomic mass is 10.1. The van der Waals surface area contributed by atoms with Crippen LogP contribution in [0.25, 0.3) is 0 Å². The van der Waals surface area contributed by atoms with Gasteiger partial charge in [-0.25, -0.2) is 0 Å². The van der Waals surface area contributed by atoms with E-state index in [2.05, 4.69) is 15.4 Å². The highest BCUT2D eigenvalue weighted by atomic mass is 16.6. The summed E-state index contributed by atoms with van der Waals surface area (Å²) >= 11 is 0. The molecule has 138 valence electrons. The summed E-state index contributed by atoms with van der Waals surface area (Å²) in [7, 11) is 0. The van der Waals surface area contributed by atoms with Crippen LogP contribution in [0.4, 0.5) is 5.69 Å². The van der Waals surface area contributed by atoms with Gasteiger partial charge in [0.1, 0.15) is 11.4 Å². The van der Waals surface area contributed by atoms with Gasteiger partial charge in [0.15, 0.2) is 0 Å². The lowest BCUT2D eigenvalue weighted by Gasteiger charge is -2.07. The van der Waals surface area contributed by atoms with Crippen molar-refractivity contribution < 1.29 is 9.72 Å². The molecule has 1 amide bonds. The molecule has 0 aliphatic heterocycles. The van der Waals surface area contributed by atoms with Crippen LogP contribution in [-0.2, 0) is 13.1 Å². The van der Waals surface area contributed by atoms with Crippen LogP contribution >= 0.6 is 0 Å². The van der Waals surface area contributed by atoms with E-state index in [4.69, 9.17) is 0 Å². The van der Waals surface area contributed by atoms with Gasteiger partial charge in [-0.3, -0.25) is 24.6 Å². The first-order chi connectivity index (χ1) is 13.0. The lowest BCUT2D eigenvalue weighted by Crippen LogP contribution is -2.23. The first-order valence-corrected chi connectivity index (χ1v) is 8.41. The number of amides is 1. The van der Waals surface area contributed by atoms with Gasteiger partial charge in [-0.15, -0.1) is 0 Å². The van der Waals surface area contributed by atoms with E-state index in [9.17, 15) is 14.9 Å². The Morgan fingerprint density at radius 3 is 2.52 bits per heavy atom. The molecular formula is C19H19N5O3. The highest BCUT2D eigenvalue weighted by Gasteiger charge is 2.21. The molecule has 0 aliphatic rings. The first-order valence-electron chi connectivity index (χ1n) is 8.41. The van der Waals surface area contributed by atoms with Crippen molar-refractivity contribution in [3.8, 4) is 0 Å². The van der Waals surface area contributed by atoms with Crippen LogP contribution in [-0.4, -0.2) is 25.6 Å². The number of nitrogens with zero attached hydrogens (tertiary/aromatic N) is 4. The molecule has 8 nitrogen and oxygen atoms in total. The van der Waals surface area contributed by atoms with Crippen molar-refractivity contribution in [2.45, 2.75) is 26.9 Å². The van der Waals surface area contributed by atoms with Crippen LogP contribution in [0.5, 0.6) is 0 Å². The van der Waals surface area contributed by atoms with Crippen LogP contribution in [0.3, 0.4) is 0 Å². The maximum Gasteiger partial charge on any atom is 0.312 e. The lowest BCUT2D eigenvalue weighted by molar-refractivity contribution is -0.386. The third-order valence-corrected chi connectivity index (χ3v) is 4.23. The number of benzene rings is 1. The van der Waals surface area contributed by atoms with E-state index < -0.39 is 4.92 Å². The Labute approximate surface area is 156 Å². The maximum absolute atomic E-state index is 12.2. The fourth-order valence-electron chi connectivity index (χ4n) is 2.82. The van der Waals surface area contributed by atoms with Gasteiger partial charge in [-0.2, -0.15) is 5.10 Å². The molecule has 0 atom stereocenters. The second kappa shape index (κ2) is 7.77. The van der Waals surface area contributed by atoms with Crippen molar-refractivity contribution in [3.63, 3.8) is 0 Å². The molecule has 0 radical (unpaired) electrons. The molecule has 0 saturated heterocycles. The fourth-order valence-corrected chi connectivity index (χ4v) is 2.82. The van der Waals surface area contributed by atoms with E-state index in [-0.39, 0.29) is 11.6 Å². The predicted octanol–water partition coefficient (Wildman–Crippen LogP) is 2.78. The van der Waals surface area contributed by atoms with Crippen molar-refractivity contribution in [2.75, 3.05) is 0 Å². The molecular weight excluding hydrogens is 346 g/mol. The molecule has 27 heavy (non-hydrogen) atoms. The first kappa shape index (κ1) is 18.2. The van der Waals surface area contributed by atoms with E-state index in [1.54, 1.807) is 36.9 Å². The summed E-state index contributed by atoms with van der Waals surface area (Å²) in [6, 6.07) is 12.6. The van der Waals surface area contributed by atoms with Crippen LogP contribution < -0.4 is 5.32 Å². The zero-order valence-corrected chi connectivity index (χ0v) is 15.0. The minimum Gasteiger partial charge on any atom is -0.346 e. The molecule has 1 aromatic carbocycles. The third kappa shape index (κ3) is 4.17. The zero-order chi connectivity index (χ0) is 19.4. The van der Waals surface area contributed by atoms with E-state index in [1.807, 2.05) is 30.3 Å². The molecule has 1 N–H and O–H groups in total. The molecule has 0 spiro atoms. The standard InChI is InChI=1S/C19H19N5O3/c1-13-18(24(26)27)14(2)23(22-13)12-15-6-8-16(9-7-15)19(25)21-11-17-5-3-4-10-20-17/h3-10H,11-12H2,1-2H3,(H,21,25). The minimum absolute atomic E-state index is 0.0421. The topological polar surface area (TPSA) is 103 Å². The third-order valence-electron chi connectivity index (χ3n) is 4.23. The highest BCUT2D eigenvalue weighted by Crippen LogP contribution is 2.22. The molecule has 0 aliphatic carbocycles. The Balaban J connectivity index is 1.66. The van der Waals surface area contributed by atoms with E-state index in [1.165, 1.54) is 0 Å². The molecule has 2 heterocycles. The van der Waals surface area contributed by atoms with Gasteiger partial charge in [-0.1, -0.05) is 18.2 Å². The summed E-state index contributed by atoms with van der Waals surface area (Å²) in [4.78, 5) is 27.1. The number of hydrogen-bond donors (Lipinski definition) is 1. The van der Waals surface area contributed by atoms with Crippen LogP contribution in [0.1, 0.15) is 33.0 Å². The minimum atomic E-state index is -0.413. The SMILES string of the molecule is Cc1nn(Cc2ccc(C(=O)NCc3ccccn3)cc2)c(C)c1[N+](=O)[O-]. The molecule has 2 aromatic heterocycles. The van der Waals surface area contributed by atoms with Gasteiger partial charge in [-0.05, 0) is 43.7 Å². The number of pyridine rings is 1. The molecule has 0 fully saturated rings. The molecule has 0 unspecified atom stereocenters. The maximum atomic E-state index is 12.2. The van der Waals surface area contributed by atoms with Gasteiger partial charge < -0.3 is 5.32 Å². The fraction of sp³-hybridized carbons (Fsp3) is 0.211. The van der Waals surface area contributed by atoms with Crippen molar-refractivity contribution in [2.24, 2.45) is 0 Å². The van der Waals surface area contributed by atoms with E-state index in [0.717, 1.165) is 11.3 Å². The number of nitro groups is 1. The van der Waals surface area contributed by atoms with Crippen molar-refractivity contribution in [1.29, 1.82) is 0 Å². The predicted molar refractivity (Wildman–Crippen MR) is 99.3 cm³/mol. The number of hydrogen-bond acceptors (Lipinski definition) is 5. The normalized spacial score (nSPS) is 10.6. The number of carbonyl (C=O) groups is 1. The van der Waals surface area contributed by atoms with Gasteiger partial charge in [0.05, 0.1) is 23.7 Å². The number of carbonyl (C=O) groups excluding carboxylic acids is 1. The summed E-state index contributed by atoms with van der Waals surface area (Å²) < 4.78 is 1.60.